The largest absolute Gasteiger partial charge is 0.444 e. The van der Waals surface area contributed by atoms with E-state index in [1.807, 2.05) is 0 Å². The van der Waals surface area contributed by atoms with Crippen LogP contribution in [0.3, 0.4) is 0 Å². The standard InChI is InChI=1S/C14H18F3NO3/c1-13(2,3)21-12(20)18-10-7-5-4-6-9(10)8-11(19)14(15,16)17/h4-7,11,19H,8H2,1-3H3,(H,18,20). The van der Waals surface area contributed by atoms with E-state index in [1.165, 1.54) is 18.2 Å². The molecule has 1 aromatic carbocycles. The van der Waals surface area contributed by atoms with Gasteiger partial charge < -0.3 is 9.84 Å². The number of hydrogen-bond acceptors (Lipinski definition) is 3. The number of amides is 1. The van der Waals surface area contributed by atoms with E-state index in [0.29, 0.717) is 0 Å². The number of anilines is 1. The van der Waals surface area contributed by atoms with Crippen molar-refractivity contribution in [2.24, 2.45) is 0 Å². The fraction of sp³-hybridized carbons (Fsp3) is 0.500. The van der Waals surface area contributed by atoms with Crippen molar-refractivity contribution in [3.63, 3.8) is 0 Å². The van der Waals surface area contributed by atoms with Crippen molar-refractivity contribution in [1.82, 2.24) is 0 Å². The van der Waals surface area contributed by atoms with E-state index < -0.39 is 30.4 Å². The Balaban J connectivity index is 2.83. The maximum atomic E-state index is 12.4. The molecule has 1 amide bonds. The lowest BCUT2D eigenvalue weighted by molar-refractivity contribution is -0.203. The number of hydrogen-bond donors (Lipinski definition) is 2. The first-order valence-electron chi connectivity index (χ1n) is 6.32. The summed E-state index contributed by atoms with van der Waals surface area (Å²) in [5, 5.41) is 11.5. The van der Waals surface area contributed by atoms with Gasteiger partial charge in [-0.2, -0.15) is 13.2 Å². The molecule has 2 N–H and O–H groups in total. The topological polar surface area (TPSA) is 58.6 Å². The summed E-state index contributed by atoms with van der Waals surface area (Å²) in [5.41, 5.74) is -0.368. The minimum Gasteiger partial charge on any atom is -0.444 e. The maximum absolute atomic E-state index is 12.4. The predicted octanol–water partition coefficient (Wildman–Crippen LogP) is 3.50. The molecule has 1 rings (SSSR count). The molecule has 0 aromatic heterocycles. The van der Waals surface area contributed by atoms with Crippen LogP contribution < -0.4 is 5.32 Å². The number of alkyl halides is 3. The van der Waals surface area contributed by atoms with Gasteiger partial charge in [0.15, 0.2) is 6.10 Å². The summed E-state index contributed by atoms with van der Waals surface area (Å²) in [6.45, 7) is 5.02. The number of aliphatic hydroxyl groups is 1. The molecule has 1 atom stereocenters. The third-order valence-corrected chi connectivity index (χ3v) is 2.44. The van der Waals surface area contributed by atoms with Crippen LogP contribution in [0.1, 0.15) is 26.3 Å². The summed E-state index contributed by atoms with van der Waals surface area (Å²) in [7, 11) is 0. The molecule has 0 saturated carbocycles. The molecule has 0 aliphatic rings. The number of benzene rings is 1. The summed E-state index contributed by atoms with van der Waals surface area (Å²) >= 11 is 0. The number of halogens is 3. The van der Waals surface area contributed by atoms with Gasteiger partial charge in [0.05, 0.1) is 0 Å². The van der Waals surface area contributed by atoms with Crippen LogP contribution in [0.2, 0.25) is 0 Å². The van der Waals surface area contributed by atoms with Crippen LogP contribution in [0.25, 0.3) is 0 Å². The van der Waals surface area contributed by atoms with E-state index in [2.05, 4.69) is 5.32 Å². The molecule has 0 aliphatic carbocycles. The van der Waals surface area contributed by atoms with E-state index in [9.17, 15) is 18.0 Å². The van der Waals surface area contributed by atoms with Gasteiger partial charge in [0, 0.05) is 12.1 Å². The van der Waals surface area contributed by atoms with Crippen molar-refractivity contribution in [3.05, 3.63) is 29.8 Å². The molecule has 1 aromatic rings. The Hall–Kier alpha value is -1.76. The highest BCUT2D eigenvalue weighted by atomic mass is 19.4. The fourth-order valence-corrected chi connectivity index (χ4v) is 1.56. The van der Waals surface area contributed by atoms with Gasteiger partial charge in [-0.1, -0.05) is 18.2 Å². The third-order valence-electron chi connectivity index (χ3n) is 2.44. The van der Waals surface area contributed by atoms with Crippen molar-refractivity contribution in [2.75, 3.05) is 5.32 Å². The minimum atomic E-state index is -4.71. The normalized spacial score (nSPS) is 13.7. The second-order valence-electron chi connectivity index (χ2n) is 5.55. The Labute approximate surface area is 120 Å². The van der Waals surface area contributed by atoms with Crippen molar-refractivity contribution in [3.8, 4) is 0 Å². The first kappa shape index (κ1) is 17.3. The summed E-state index contributed by atoms with van der Waals surface area (Å²) in [6, 6.07) is 5.94. The minimum absolute atomic E-state index is 0.174. The van der Waals surface area contributed by atoms with Crippen molar-refractivity contribution >= 4 is 11.8 Å². The molecule has 0 spiro atoms. The molecule has 0 fully saturated rings. The van der Waals surface area contributed by atoms with Gasteiger partial charge in [0.1, 0.15) is 5.60 Å². The smallest absolute Gasteiger partial charge is 0.414 e. The quantitative estimate of drug-likeness (QED) is 0.898. The molecule has 118 valence electrons. The zero-order chi connectivity index (χ0) is 16.3. The Kier molecular flexibility index (Phi) is 5.22. The number of ether oxygens (including phenoxy) is 1. The molecular formula is C14H18F3NO3. The van der Waals surface area contributed by atoms with E-state index >= 15 is 0 Å². The Morgan fingerprint density at radius 1 is 1.29 bits per heavy atom. The van der Waals surface area contributed by atoms with Crippen LogP contribution in [0.15, 0.2) is 24.3 Å². The van der Waals surface area contributed by atoms with Crippen molar-refractivity contribution < 1.29 is 27.8 Å². The first-order valence-corrected chi connectivity index (χ1v) is 6.32. The second kappa shape index (κ2) is 6.34. The van der Waals surface area contributed by atoms with Gasteiger partial charge in [-0.25, -0.2) is 4.79 Å². The Morgan fingerprint density at radius 3 is 2.38 bits per heavy atom. The van der Waals surface area contributed by atoms with Crippen LogP contribution in [0.5, 0.6) is 0 Å². The van der Waals surface area contributed by atoms with E-state index in [-0.39, 0.29) is 11.3 Å². The van der Waals surface area contributed by atoms with Crippen molar-refractivity contribution in [2.45, 2.75) is 45.1 Å². The molecular weight excluding hydrogens is 287 g/mol. The van der Waals surface area contributed by atoms with Gasteiger partial charge in [-0.3, -0.25) is 5.32 Å². The average molecular weight is 305 g/mol. The zero-order valence-corrected chi connectivity index (χ0v) is 12.0. The maximum Gasteiger partial charge on any atom is 0.414 e. The molecule has 21 heavy (non-hydrogen) atoms. The number of nitrogens with one attached hydrogen (secondary N) is 1. The molecule has 0 saturated heterocycles. The number of carbonyl (C=O) groups excluding carboxylic acids is 1. The molecule has 0 heterocycles. The van der Waals surface area contributed by atoms with E-state index in [1.54, 1.807) is 26.8 Å². The van der Waals surface area contributed by atoms with Gasteiger partial charge in [0.2, 0.25) is 0 Å². The van der Waals surface area contributed by atoms with Crippen LogP contribution in [0, 0.1) is 0 Å². The van der Waals surface area contributed by atoms with E-state index in [0.717, 1.165) is 0 Å². The lowest BCUT2D eigenvalue weighted by atomic mass is 10.1. The monoisotopic (exact) mass is 305 g/mol. The second-order valence-corrected chi connectivity index (χ2v) is 5.55. The van der Waals surface area contributed by atoms with E-state index in [4.69, 9.17) is 9.84 Å². The molecule has 1 unspecified atom stereocenters. The highest BCUT2D eigenvalue weighted by Gasteiger charge is 2.38. The van der Waals surface area contributed by atoms with Crippen LogP contribution in [-0.2, 0) is 11.2 Å². The summed E-state index contributed by atoms with van der Waals surface area (Å²) in [4.78, 5) is 11.6. The SMILES string of the molecule is CC(C)(C)OC(=O)Nc1ccccc1CC(O)C(F)(F)F. The molecule has 0 aliphatic heterocycles. The molecule has 4 nitrogen and oxygen atoms in total. The number of rotatable bonds is 3. The summed E-state index contributed by atoms with van der Waals surface area (Å²) in [6.07, 6.45) is -8.61. The van der Waals surface area contributed by atoms with Gasteiger partial charge in [-0.05, 0) is 32.4 Å². The molecule has 7 heteroatoms. The van der Waals surface area contributed by atoms with Crippen molar-refractivity contribution in [1.29, 1.82) is 0 Å². The Morgan fingerprint density at radius 2 is 1.86 bits per heavy atom. The fourth-order valence-electron chi connectivity index (χ4n) is 1.56. The van der Waals surface area contributed by atoms with Gasteiger partial charge in [-0.15, -0.1) is 0 Å². The van der Waals surface area contributed by atoms with Gasteiger partial charge in [0.25, 0.3) is 0 Å². The Bertz CT molecular complexity index is 495. The van der Waals surface area contributed by atoms with Crippen LogP contribution in [-0.4, -0.2) is 29.1 Å². The molecule has 0 radical (unpaired) electrons. The predicted molar refractivity (Wildman–Crippen MR) is 72.1 cm³/mol. The lowest BCUT2D eigenvalue weighted by Gasteiger charge is -2.21. The highest BCUT2D eigenvalue weighted by Crippen LogP contribution is 2.26. The highest BCUT2D eigenvalue weighted by molar-refractivity contribution is 5.85. The number of carbonyl (C=O) groups is 1. The average Bonchev–Trinajstić information content (AvgIpc) is 2.27. The van der Waals surface area contributed by atoms with Gasteiger partial charge >= 0.3 is 12.3 Å². The van der Waals surface area contributed by atoms with Crippen LogP contribution in [0.4, 0.5) is 23.7 Å². The summed E-state index contributed by atoms with van der Waals surface area (Å²) < 4.78 is 42.2. The summed E-state index contributed by atoms with van der Waals surface area (Å²) in [5.74, 6) is 0. The zero-order valence-electron chi connectivity index (χ0n) is 12.0. The number of aliphatic hydroxyl groups excluding tert-OH is 1. The number of para-hydroxylation sites is 1. The first-order chi connectivity index (χ1) is 9.49. The van der Waals surface area contributed by atoms with Crippen LogP contribution >= 0.6 is 0 Å². The third kappa shape index (κ3) is 6.03. The lowest BCUT2D eigenvalue weighted by Crippen LogP contribution is -2.31. The molecule has 0 bridgehead atoms.